The summed E-state index contributed by atoms with van der Waals surface area (Å²) in [5.41, 5.74) is 11.5. The Morgan fingerprint density at radius 3 is 1.40 bits per heavy atom. The molecule has 0 aliphatic rings. The van der Waals surface area contributed by atoms with E-state index in [0.29, 0.717) is 6.07 Å². The van der Waals surface area contributed by atoms with Crippen molar-refractivity contribution >= 4 is 11.4 Å². The molecule has 0 amide bonds. The van der Waals surface area contributed by atoms with Crippen LogP contribution in [0.25, 0.3) is 11.1 Å². The van der Waals surface area contributed by atoms with E-state index in [2.05, 4.69) is 0 Å². The fraction of sp³-hybridized carbons (Fsp3) is 0.200. The highest BCUT2D eigenvalue weighted by Gasteiger charge is 2.48. The SMILES string of the molecule is [N-]=[N+]=C(c1cccc(C(=[N+]=[N-])C(F)(F)F)c1)C(F)(F)F. The molecule has 106 valence electrons. The average Bonchev–Trinajstić information content (AvgIpc) is 2.27. The van der Waals surface area contributed by atoms with E-state index in [1.54, 1.807) is 0 Å². The number of alkyl halides is 6. The van der Waals surface area contributed by atoms with Gasteiger partial charge in [0.2, 0.25) is 0 Å². The fourth-order valence-corrected chi connectivity index (χ4v) is 1.37. The molecular weight excluding hydrogens is 290 g/mol. The Bertz CT molecular complexity index is 566. The lowest BCUT2D eigenvalue weighted by Crippen LogP contribution is -2.27. The molecule has 0 aromatic heterocycles. The second kappa shape index (κ2) is 5.28. The van der Waals surface area contributed by atoms with Crippen molar-refractivity contribution in [2.75, 3.05) is 0 Å². The van der Waals surface area contributed by atoms with E-state index in [9.17, 15) is 26.3 Å². The highest BCUT2D eigenvalue weighted by atomic mass is 19.4. The molecule has 0 spiro atoms. The largest absolute Gasteiger partial charge is 0.495 e. The van der Waals surface area contributed by atoms with E-state index in [1.807, 2.05) is 9.58 Å². The Balaban J connectivity index is 3.43. The van der Waals surface area contributed by atoms with Crippen LogP contribution in [0.2, 0.25) is 0 Å². The first kappa shape index (κ1) is 15.6. The van der Waals surface area contributed by atoms with Crippen molar-refractivity contribution in [3.8, 4) is 0 Å². The topological polar surface area (TPSA) is 72.8 Å². The molecule has 1 aromatic carbocycles. The fourth-order valence-electron chi connectivity index (χ4n) is 1.37. The highest BCUT2D eigenvalue weighted by molar-refractivity contribution is 6.05. The molecule has 4 nitrogen and oxygen atoms in total. The van der Waals surface area contributed by atoms with Crippen molar-refractivity contribution in [1.82, 2.24) is 0 Å². The van der Waals surface area contributed by atoms with Crippen LogP contribution < -0.4 is 0 Å². The van der Waals surface area contributed by atoms with Gasteiger partial charge in [0.05, 0.1) is 11.1 Å². The molecule has 0 saturated carbocycles. The van der Waals surface area contributed by atoms with Gasteiger partial charge >= 0.3 is 23.8 Å². The Hall–Kier alpha value is -2.44. The maximum absolute atomic E-state index is 12.5. The summed E-state index contributed by atoms with van der Waals surface area (Å²) in [7, 11) is 0. The zero-order chi connectivity index (χ0) is 15.6. The molecule has 0 radical (unpaired) electrons. The van der Waals surface area contributed by atoms with E-state index in [1.165, 1.54) is 0 Å². The molecular formula is C10H4F6N4. The monoisotopic (exact) mass is 294 g/mol. The molecule has 0 unspecified atom stereocenters. The second-order valence-corrected chi connectivity index (χ2v) is 3.47. The minimum Gasteiger partial charge on any atom is -0.361 e. The van der Waals surface area contributed by atoms with E-state index in [-0.39, 0.29) is 0 Å². The van der Waals surface area contributed by atoms with E-state index in [0.717, 1.165) is 18.2 Å². The number of hydrogen-bond donors (Lipinski definition) is 0. The van der Waals surface area contributed by atoms with Gasteiger partial charge in [0.15, 0.2) is 0 Å². The zero-order valence-corrected chi connectivity index (χ0v) is 9.37. The van der Waals surface area contributed by atoms with Crippen molar-refractivity contribution in [1.29, 1.82) is 0 Å². The lowest BCUT2D eigenvalue weighted by molar-refractivity contribution is -0.111. The first-order valence-corrected chi connectivity index (χ1v) is 4.80. The molecule has 0 atom stereocenters. The summed E-state index contributed by atoms with van der Waals surface area (Å²) in [6.07, 6.45) is -10.1. The smallest absolute Gasteiger partial charge is 0.361 e. The third-order valence-electron chi connectivity index (χ3n) is 2.15. The number of nitrogens with zero attached hydrogens (tertiary/aromatic N) is 4. The van der Waals surface area contributed by atoms with E-state index in [4.69, 9.17) is 11.1 Å². The van der Waals surface area contributed by atoms with Crippen molar-refractivity contribution in [3.05, 3.63) is 46.5 Å². The summed E-state index contributed by atoms with van der Waals surface area (Å²) < 4.78 is 74.8. The normalized spacial score (nSPS) is 11.5. The minimum atomic E-state index is -5.05. The summed E-state index contributed by atoms with van der Waals surface area (Å²) in [5, 5.41) is 0. The van der Waals surface area contributed by atoms with Crippen molar-refractivity contribution in [3.63, 3.8) is 0 Å². The molecule has 20 heavy (non-hydrogen) atoms. The van der Waals surface area contributed by atoms with E-state index < -0.39 is 34.9 Å². The molecule has 0 aliphatic carbocycles. The third-order valence-corrected chi connectivity index (χ3v) is 2.15. The van der Waals surface area contributed by atoms with Gasteiger partial charge < -0.3 is 11.1 Å². The molecule has 0 saturated heterocycles. The van der Waals surface area contributed by atoms with E-state index >= 15 is 0 Å². The van der Waals surface area contributed by atoms with Crippen molar-refractivity contribution in [2.24, 2.45) is 0 Å². The van der Waals surface area contributed by atoms with Gasteiger partial charge in [-0.25, -0.2) is 0 Å². The molecule has 1 rings (SSSR count). The molecule has 0 heterocycles. The first-order valence-electron chi connectivity index (χ1n) is 4.80. The minimum absolute atomic E-state index is 0.449. The summed E-state index contributed by atoms with van der Waals surface area (Å²) in [6, 6.07) is 2.93. The standard InChI is InChI=1S/C10H4F6N4/c11-9(12,13)7(19-17)5-2-1-3-6(4-5)8(20-18)10(14,15)16/h1-4H. The lowest BCUT2D eigenvalue weighted by Gasteiger charge is -2.04. The number of rotatable bonds is 2. The van der Waals surface area contributed by atoms with Crippen molar-refractivity contribution < 1.29 is 35.9 Å². The van der Waals surface area contributed by atoms with Gasteiger partial charge in [-0.05, 0) is 18.2 Å². The maximum Gasteiger partial charge on any atom is 0.495 e. The number of halogens is 6. The summed E-state index contributed by atoms with van der Waals surface area (Å²) >= 11 is 0. The highest BCUT2D eigenvalue weighted by Crippen LogP contribution is 2.24. The van der Waals surface area contributed by atoms with Crippen LogP contribution in [0.4, 0.5) is 26.3 Å². The van der Waals surface area contributed by atoms with Gasteiger partial charge in [0.1, 0.15) is 0 Å². The van der Waals surface area contributed by atoms with Crippen LogP contribution in [0.1, 0.15) is 11.1 Å². The van der Waals surface area contributed by atoms with Gasteiger partial charge in [-0.1, -0.05) is 6.07 Å². The summed E-state index contributed by atoms with van der Waals surface area (Å²) in [6.45, 7) is 0. The molecule has 10 heteroatoms. The molecule has 0 fully saturated rings. The number of hydrogen-bond acceptors (Lipinski definition) is 0. The number of benzene rings is 1. The van der Waals surface area contributed by atoms with Crippen LogP contribution in [-0.2, 0) is 0 Å². The Morgan fingerprint density at radius 2 is 1.15 bits per heavy atom. The zero-order valence-electron chi connectivity index (χ0n) is 9.37. The summed E-state index contributed by atoms with van der Waals surface area (Å²) in [4.78, 5) is 4.05. The van der Waals surface area contributed by atoms with Gasteiger partial charge in [-0.15, -0.1) is 0 Å². The van der Waals surface area contributed by atoms with Gasteiger partial charge in [0, 0.05) is 0 Å². The maximum atomic E-state index is 12.5. The Kier molecular flexibility index (Phi) is 4.12. The molecule has 1 aromatic rings. The van der Waals surface area contributed by atoms with Crippen LogP contribution in [0, 0.1) is 0 Å². The van der Waals surface area contributed by atoms with Crippen LogP contribution in [-0.4, -0.2) is 33.4 Å². The molecule has 0 aliphatic heterocycles. The predicted molar refractivity (Wildman–Crippen MR) is 54.0 cm³/mol. The predicted octanol–water partition coefficient (Wildman–Crippen LogP) is 2.85. The van der Waals surface area contributed by atoms with Gasteiger partial charge in [-0.3, -0.25) is 0 Å². The Morgan fingerprint density at radius 1 is 0.800 bits per heavy atom. The van der Waals surface area contributed by atoms with Crippen LogP contribution in [0.5, 0.6) is 0 Å². The molecule has 0 N–H and O–H groups in total. The summed E-state index contributed by atoms with van der Waals surface area (Å²) in [5.74, 6) is 0. The van der Waals surface area contributed by atoms with Gasteiger partial charge in [-0.2, -0.15) is 35.9 Å². The average molecular weight is 294 g/mol. The lowest BCUT2D eigenvalue weighted by atomic mass is 10.0. The first-order chi connectivity index (χ1) is 9.11. The second-order valence-electron chi connectivity index (χ2n) is 3.47. The van der Waals surface area contributed by atoms with Crippen molar-refractivity contribution in [2.45, 2.75) is 12.4 Å². The van der Waals surface area contributed by atoms with Crippen LogP contribution >= 0.6 is 0 Å². The van der Waals surface area contributed by atoms with Gasteiger partial charge in [0.25, 0.3) is 0 Å². The molecule has 0 bridgehead atoms. The quantitative estimate of drug-likeness (QED) is 0.348. The third kappa shape index (κ3) is 3.31. The van der Waals surface area contributed by atoms with Crippen LogP contribution in [0.15, 0.2) is 24.3 Å². The Labute approximate surface area is 107 Å². The van der Waals surface area contributed by atoms with Crippen LogP contribution in [0.3, 0.4) is 0 Å².